The fourth-order valence-electron chi connectivity index (χ4n) is 4.37. The van der Waals surface area contributed by atoms with Crippen LogP contribution in [0.25, 0.3) is 0 Å². The molecule has 4 atom stereocenters. The third kappa shape index (κ3) is 7.76. The number of unbranched alkanes of at least 4 members (excludes halogenated alkanes) is 2. The minimum absolute atomic E-state index is 0.0404. The fraction of sp³-hybridized carbons (Fsp3) is 0.731. The Kier molecular flexibility index (Phi) is 12.0. The van der Waals surface area contributed by atoms with E-state index in [1.54, 1.807) is 27.9 Å². The van der Waals surface area contributed by atoms with Crippen LogP contribution in [0.1, 0.15) is 79.6 Å². The molecule has 0 bridgehead atoms. The molecule has 1 saturated carbocycles. The molecule has 1 unspecified atom stereocenters. The van der Waals surface area contributed by atoms with Gasteiger partial charge in [0.25, 0.3) is 0 Å². The van der Waals surface area contributed by atoms with Gasteiger partial charge in [-0.2, -0.15) is 0 Å². The van der Waals surface area contributed by atoms with Crippen molar-refractivity contribution in [2.45, 2.75) is 91.3 Å². The summed E-state index contributed by atoms with van der Waals surface area (Å²) >= 11 is 6.00. The number of hydrogen-bond acceptors (Lipinski definition) is 5. The third-order valence-electron chi connectivity index (χ3n) is 6.92. The number of rotatable bonds is 13. The summed E-state index contributed by atoms with van der Waals surface area (Å²) in [5, 5.41) is 13.8. The predicted octanol–water partition coefficient (Wildman–Crippen LogP) is 4.73. The van der Waals surface area contributed by atoms with Gasteiger partial charge in [-0.25, -0.2) is 0 Å². The molecule has 0 aromatic heterocycles. The van der Waals surface area contributed by atoms with Gasteiger partial charge in [-0.05, 0) is 45.6 Å². The van der Waals surface area contributed by atoms with Crippen molar-refractivity contribution >= 4 is 29.1 Å². The second kappa shape index (κ2) is 13.4. The smallest absolute Gasteiger partial charge is 0.220 e. The number of hydrogen-bond donors (Lipinski definition) is 2. The lowest BCUT2D eigenvalue weighted by molar-refractivity contribution is -0.164. The molecule has 1 fully saturated rings. The summed E-state index contributed by atoms with van der Waals surface area (Å²) in [6.45, 7) is 8.47. The lowest BCUT2D eigenvalue weighted by atomic mass is 9.57. The number of halogens is 1. The Bertz CT molecular complexity index is 741. The van der Waals surface area contributed by atoms with Crippen LogP contribution in [-0.4, -0.2) is 47.9 Å². The summed E-state index contributed by atoms with van der Waals surface area (Å²) in [6.07, 6.45) is 10.5. The molecule has 1 rings (SSSR count). The zero-order valence-electron chi connectivity index (χ0n) is 21.1. The van der Waals surface area contributed by atoms with Crippen LogP contribution in [0.3, 0.4) is 0 Å². The van der Waals surface area contributed by atoms with E-state index in [4.69, 9.17) is 16.3 Å². The van der Waals surface area contributed by atoms with Crippen molar-refractivity contribution in [1.82, 2.24) is 5.32 Å². The normalized spacial score (nSPS) is 26.6. The molecule has 1 amide bonds. The van der Waals surface area contributed by atoms with Crippen molar-refractivity contribution < 1.29 is 24.2 Å². The number of aliphatic hydroxyl groups is 1. The molecule has 6 nitrogen and oxygen atoms in total. The molecule has 0 heterocycles. The Morgan fingerprint density at radius 1 is 1.21 bits per heavy atom. The van der Waals surface area contributed by atoms with Gasteiger partial charge in [-0.3, -0.25) is 14.4 Å². The van der Waals surface area contributed by atoms with Crippen LogP contribution in [-0.2, 0) is 19.1 Å². The highest BCUT2D eigenvalue weighted by Crippen LogP contribution is 2.45. The van der Waals surface area contributed by atoms with Gasteiger partial charge in [0.15, 0.2) is 11.6 Å². The number of amides is 1. The zero-order chi connectivity index (χ0) is 25.2. The van der Waals surface area contributed by atoms with E-state index in [0.717, 1.165) is 19.3 Å². The van der Waals surface area contributed by atoms with Gasteiger partial charge in [0.1, 0.15) is 0 Å². The van der Waals surface area contributed by atoms with Crippen LogP contribution in [0.2, 0.25) is 0 Å². The van der Waals surface area contributed by atoms with E-state index in [1.165, 1.54) is 25.3 Å². The van der Waals surface area contributed by atoms with Gasteiger partial charge in [-0.1, -0.05) is 56.9 Å². The van der Waals surface area contributed by atoms with Crippen LogP contribution in [0.4, 0.5) is 0 Å². The quantitative estimate of drug-likeness (QED) is 0.224. The fourth-order valence-corrected chi connectivity index (χ4v) is 4.58. The zero-order valence-corrected chi connectivity index (χ0v) is 21.8. The molecule has 2 N–H and O–H groups in total. The van der Waals surface area contributed by atoms with Crippen molar-refractivity contribution in [2.75, 3.05) is 13.7 Å². The van der Waals surface area contributed by atoms with Gasteiger partial charge in [0, 0.05) is 31.5 Å². The standard InChI is InChI=1S/C26H42ClNO5/c1-7-8-10-13-20(33-6)14-11-9-12-15-21(29)28-17-19(16-27)22-24(31)25(3,4)23(30)18(2)26(22,5)32/h9,11,16,18,20,22,32H,7-8,10,12-15,17H2,1-6H3,(H,28,29)/b11-9+,19-16-/t18-,20+,22?,26-/m1/s1. The van der Waals surface area contributed by atoms with E-state index in [1.807, 2.05) is 6.08 Å². The average Bonchev–Trinajstić information content (AvgIpc) is 2.77. The van der Waals surface area contributed by atoms with Gasteiger partial charge in [-0.15, -0.1) is 0 Å². The third-order valence-corrected chi connectivity index (χ3v) is 7.20. The Balaban J connectivity index is 2.60. The highest BCUT2D eigenvalue weighted by Gasteiger charge is 2.58. The molecule has 1 aliphatic carbocycles. The van der Waals surface area contributed by atoms with Crippen LogP contribution in [0.15, 0.2) is 23.3 Å². The maximum absolute atomic E-state index is 13.1. The number of carbonyl (C=O) groups excluding carboxylic acids is 3. The molecule has 1 aliphatic rings. The van der Waals surface area contributed by atoms with Gasteiger partial charge < -0.3 is 15.2 Å². The van der Waals surface area contributed by atoms with Crippen LogP contribution in [0, 0.1) is 17.3 Å². The Morgan fingerprint density at radius 3 is 2.45 bits per heavy atom. The molecule has 0 aromatic rings. The maximum atomic E-state index is 13.1. The Labute approximate surface area is 204 Å². The second-order valence-corrected chi connectivity index (χ2v) is 10.0. The molecular weight excluding hydrogens is 442 g/mol. The molecule has 7 heteroatoms. The molecule has 0 aliphatic heterocycles. The highest BCUT2D eigenvalue weighted by atomic mass is 35.5. The first-order chi connectivity index (χ1) is 15.4. The number of ketones is 2. The van der Waals surface area contributed by atoms with E-state index in [9.17, 15) is 19.5 Å². The first-order valence-corrected chi connectivity index (χ1v) is 12.4. The minimum atomic E-state index is -1.58. The molecule has 188 valence electrons. The van der Waals surface area contributed by atoms with Crippen molar-refractivity contribution in [3.63, 3.8) is 0 Å². The molecule has 0 spiro atoms. The van der Waals surface area contributed by atoms with E-state index in [0.29, 0.717) is 18.4 Å². The predicted molar refractivity (Wildman–Crippen MR) is 132 cm³/mol. The lowest BCUT2D eigenvalue weighted by Crippen LogP contribution is -2.61. The average molecular weight is 484 g/mol. The first-order valence-electron chi connectivity index (χ1n) is 12.0. The molecule has 0 saturated heterocycles. The topological polar surface area (TPSA) is 92.7 Å². The summed E-state index contributed by atoms with van der Waals surface area (Å²) < 4.78 is 5.50. The number of carbonyl (C=O) groups is 3. The summed E-state index contributed by atoms with van der Waals surface area (Å²) in [5.74, 6) is -2.55. The summed E-state index contributed by atoms with van der Waals surface area (Å²) in [5.41, 5.74) is -1.16. The van der Waals surface area contributed by atoms with Gasteiger partial charge in [0.05, 0.1) is 23.0 Å². The Hall–Kier alpha value is -1.50. The van der Waals surface area contributed by atoms with E-state index >= 15 is 0 Å². The van der Waals surface area contributed by atoms with Crippen molar-refractivity contribution in [3.05, 3.63) is 23.3 Å². The second-order valence-electron chi connectivity index (χ2n) is 9.79. The largest absolute Gasteiger partial charge is 0.388 e. The molecular formula is C26H42ClNO5. The highest BCUT2D eigenvalue weighted by molar-refractivity contribution is 6.26. The Morgan fingerprint density at radius 2 is 1.88 bits per heavy atom. The number of ether oxygens (including phenoxy) is 1. The van der Waals surface area contributed by atoms with E-state index < -0.39 is 22.9 Å². The van der Waals surface area contributed by atoms with E-state index in [2.05, 4.69) is 18.3 Å². The van der Waals surface area contributed by atoms with E-state index in [-0.39, 0.29) is 30.1 Å². The molecule has 0 radical (unpaired) electrons. The minimum Gasteiger partial charge on any atom is -0.388 e. The van der Waals surface area contributed by atoms with Crippen LogP contribution in [0.5, 0.6) is 0 Å². The molecule has 0 aromatic carbocycles. The van der Waals surface area contributed by atoms with Crippen molar-refractivity contribution in [2.24, 2.45) is 17.3 Å². The monoisotopic (exact) mass is 483 g/mol. The number of Topliss-reactive ketones (excluding diaryl/α,β-unsaturated/α-hetero) is 2. The van der Waals surface area contributed by atoms with Crippen LogP contribution < -0.4 is 5.32 Å². The summed E-state index contributed by atoms with van der Waals surface area (Å²) in [6, 6.07) is 0. The number of nitrogens with one attached hydrogen (secondary N) is 1. The van der Waals surface area contributed by atoms with Crippen LogP contribution >= 0.6 is 11.6 Å². The first kappa shape index (κ1) is 29.5. The van der Waals surface area contributed by atoms with Gasteiger partial charge in [0.2, 0.25) is 5.91 Å². The van der Waals surface area contributed by atoms with Gasteiger partial charge >= 0.3 is 0 Å². The maximum Gasteiger partial charge on any atom is 0.220 e. The lowest BCUT2D eigenvalue weighted by Gasteiger charge is -2.47. The van der Waals surface area contributed by atoms with Crippen molar-refractivity contribution in [1.29, 1.82) is 0 Å². The van der Waals surface area contributed by atoms with Crippen molar-refractivity contribution in [3.8, 4) is 0 Å². The molecule has 33 heavy (non-hydrogen) atoms. The summed E-state index contributed by atoms with van der Waals surface area (Å²) in [7, 11) is 1.73. The SMILES string of the molecule is CCCCC[C@@H](C/C=C/CCC(=O)NC/C(=C/Cl)C1C(=O)C(C)(C)C(=O)[C@@H](C)[C@@]1(C)O)OC. The summed E-state index contributed by atoms with van der Waals surface area (Å²) in [4.78, 5) is 38.0. The number of methoxy groups -OCH3 is 1. The number of allylic oxidation sites excluding steroid dienone is 1.